The van der Waals surface area contributed by atoms with Crippen LogP contribution in [0.25, 0.3) is 0 Å². The summed E-state index contributed by atoms with van der Waals surface area (Å²) in [5.41, 5.74) is 1.33. The number of carbonyl (C=O) groups is 1. The summed E-state index contributed by atoms with van der Waals surface area (Å²) in [6.45, 7) is 7.68. The molecule has 2 rings (SSSR count). The molecule has 1 fully saturated rings. The number of hydrogen-bond acceptors (Lipinski definition) is 1. The van der Waals surface area contributed by atoms with Crippen LogP contribution in [0.2, 0.25) is 0 Å². The third-order valence-electron chi connectivity index (χ3n) is 3.76. The van der Waals surface area contributed by atoms with Crippen LogP contribution >= 0.6 is 0 Å². The van der Waals surface area contributed by atoms with E-state index in [0.717, 1.165) is 31.5 Å². The number of hydrogen-bond donors (Lipinski definition) is 0. The lowest BCUT2D eigenvalue weighted by Gasteiger charge is -2.37. The summed E-state index contributed by atoms with van der Waals surface area (Å²) in [5, 5.41) is 0. The molecule has 0 N–H and O–H groups in total. The first-order valence-corrected chi connectivity index (χ1v) is 6.44. The Hall–Kier alpha value is -1.38. The lowest BCUT2D eigenvalue weighted by Crippen LogP contribution is -2.41. The van der Waals surface area contributed by atoms with Gasteiger partial charge in [0.25, 0.3) is 5.91 Å². The Labute approximate surface area is 108 Å². The molecule has 0 spiro atoms. The molecule has 0 aromatic heterocycles. The summed E-state index contributed by atoms with van der Waals surface area (Å²) < 4.78 is 13.8. The molecule has 3 heteroatoms. The fourth-order valence-corrected chi connectivity index (χ4v) is 2.28. The minimum absolute atomic E-state index is 0.178. The molecule has 0 bridgehead atoms. The Balaban J connectivity index is 2.13. The molecule has 1 aromatic carbocycles. The number of aryl methyl sites for hydroxylation is 1. The Morgan fingerprint density at radius 3 is 2.44 bits per heavy atom. The average Bonchev–Trinajstić information content (AvgIpc) is 2.28. The second-order valence-electron chi connectivity index (χ2n) is 5.94. The van der Waals surface area contributed by atoms with Gasteiger partial charge in [-0.3, -0.25) is 4.79 Å². The maximum absolute atomic E-state index is 13.8. The van der Waals surface area contributed by atoms with Crippen LogP contribution in [-0.4, -0.2) is 23.9 Å². The number of nitrogens with zero attached hydrogens (tertiary/aromatic N) is 1. The van der Waals surface area contributed by atoms with Gasteiger partial charge in [0.15, 0.2) is 0 Å². The molecule has 2 nitrogen and oxygen atoms in total. The average molecular weight is 249 g/mol. The molecule has 0 radical (unpaired) electrons. The minimum Gasteiger partial charge on any atom is -0.339 e. The molecule has 1 heterocycles. The van der Waals surface area contributed by atoms with Crippen molar-refractivity contribution in [2.45, 2.75) is 33.6 Å². The van der Waals surface area contributed by atoms with E-state index in [9.17, 15) is 9.18 Å². The summed E-state index contributed by atoms with van der Waals surface area (Å²) in [7, 11) is 0. The molecule has 0 aliphatic carbocycles. The second-order valence-corrected chi connectivity index (χ2v) is 5.94. The Morgan fingerprint density at radius 1 is 1.28 bits per heavy atom. The van der Waals surface area contributed by atoms with Gasteiger partial charge in [-0.15, -0.1) is 0 Å². The van der Waals surface area contributed by atoms with Gasteiger partial charge >= 0.3 is 0 Å². The highest BCUT2D eigenvalue weighted by atomic mass is 19.1. The van der Waals surface area contributed by atoms with Crippen LogP contribution in [0.3, 0.4) is 0 Å². The molecule has 1 amide bonds. The predicted molar refractivity (Wildman–Crippen MR) is 70.1 cm³/mol. The van der Waals surface area contributed by atoms with Crippen LogP contribution in [0.5, 0.6) is 0 Å². The predicted octanol–water partition coefficient (Wildman–Crippen LogP) is 3.40. The summed E-state index contributed by atoms with van der Waals surface area (Å²) in [4.78, 5) is 14.0. The zero-order chi connectivity index (χ0) is 13.3. The quantitative estimate of drug-likeness (QED) is 0.747. The van der Waals surface area contributed by atoms with Crippen LogP contribution in [-0.2, 0) is 0 Å². The highest BCUT2D eigenvalue weighted by molar-refractivity contribution is 5.94. The monoisotopic (exact) mass is 249 g/mol. The maximum atomic E-state index is 13.8. The molecule has 18 heavy (non-hydrogen) atoms. The van der Waals surface area contributed by atoms with Gasteiger partial charge in [-0.25, -0.2) is 4.39 Å². The molecule has 1 aliphatic rings. The molecular formula is C15H20FNO. The smallest absolute Gasteiger partial charge is 0.256 e. The molecule has 1 aliphatic heterocycles. The first-order chi connectivity index (χ1) is 8.39. The van der Waals surface area contributed by atoms with E-state index in [1.807, 2.05) is 6.92 Å². The van der Waals surface area contributed by atoms with Crippen molar-refractivity contribution in [3.63, 3.8) is 0 Å². The van der Waals surface area contributed by atoms with Crippen LogP contribution < -0.4 is 0 Å². The zero-order valence-corrected chi connectivity index (χ0v) is 11.3. The van der Waals surface area contributed by atoms with Crippen LogP contribution in [0.1, 0.15) is 42.6 Å². The van der Waals surface area contributed by atoms with E-state index in [-0.39, 0.29) is 11.5 Å². The molecule has 1 aromatic rings. The van der Waals surface area contributed by atoms with E-state index in [2.05, 4.69) is 13.8 Å². The molecule has 0 saturated carbocycles. The van der Waals surface area contributed by atoms with E-state index in [4.69, 9.17) is 0 Å². The fraction of sp³-hybridized carbons (Fsp3) is 0.533. The highest BCUT2D eigenvalue weighted by Crippen LogP contribution is 2.30. The fourth-order valence-electron chi connectivity index (χ4n) is 2.28. The van der Waals surface area contributed by atoms with Gasteiger partial charge < -0.3 is 4.90 Å². The molecular weight excluding hydrogens is 229 g/mol. The van der Waals surface area contributed by atoms with E-state index >= 15 is 0 Å². The highest BCUT2D eigenvalue weighted by Gasteiger charge is 2.29. The van der Waals surface area contributed by atoms with Crippen LogP contribution in [0, 0.1) is 18.2 Å². The Bertz CT molecular complexity index is 458. The van der Waals surface area contributed by atoms with E-state index in [0.29, 0.717) is 5.41 Å². The maximum Gasteiger partial charge on any atom is 0.256 e. The van der Waals surface area contributed by atoms with Crippen molar-refractivity contribution in [2.75, 3.05) is 13.1 Å². The van der Waals surface area contributed by atoms with E-state index in [1.54, 1.807) is 17.0 Å². The minimum atomic E-state index is -0.412. The van der Waals surface area contributed by atoms with Crippen molar-refractivity contribution in [2.24, 2.45) is 5.41 Å². The third-order valence-corrected chi connectivity index (χ3v) is 3.76. The summed E-state index contributed by atoms with van der Waals surface area (Å²) >= 11 is 0. The number of benzene rings is 1. The lowest BCUT2D eigenvalue weighted by atomic mass is 9.82. The third kappa shape index (κ3) is 2.71. The van der Waals surface area contributed by atoms with Crippen molar-refractivity contribution < 1.29 is 9.18 Å². The van der Waals surface area contributed by atoms with E-state index in [1.165, 1.54) is 6.07 Å². The molecule has 0 unspecified atom stereocenters. The molecule has 1 saturated heterocycles. The SMILES string of the molecule is Cc1ccc(C(=O)N2CCC(C)(C)CC2)c(F)c1. The summed E-state index contributed by atoms with van der Waals surface area (Å²) in [6, 6.07) is 4.79. The number of carbonyl (C=O) groups excluding carboxylic acids is 1. The number of rotatable bonds is 1. The standard InChI is InChI=1S/C15H20FNO/c1-11-4-5-12(13(16)10-11)14(18)17-8-6-15(2,3)7-9-17/h4-5,10H,6-9H2,1-3H3. The Morgan fingerprint density at radius 2 is 1.89 bits per heavy atom. The molecule has 98 valence electrons. The second kappa shape index (κ2) is 4.71. The molecule has 0 atom stereocenters. The topological polar surface area (TPSA) is 20.3 Å². The largest absolute Gasteiger partial charge is 0.339 e. The van der Waals surface area contributed by atoms with Gasteiger partial charge in [0.05, 0.1) is 5.56 Å². The van der Waals surface area contributed by atoms with Gasteiger partial charge in [0.2, 0.25) is 0 Å². The van der Waals surface area contributed by atoms with Gasteiger partial charge in [0.1, 0.15) is 5.82 Å². The van der Waals surface area contributed by atoms with Gasteiger partial charge in [-0.2, -0.15) is 0 Å². The lowest BCUT2D eigenvalue weighted by molar-refractivity contribution is 0.0626. The first kappa shape index (κ1) is 13.1. The van der Waals surface area contributed by atoms with Gasteiger partial charge in [-0.1, -0.05) is 19.9 Å². The summed E-state index contributed by atoms with van der Waals surface area (Å²) in [6.07, 6.45) is 1.96. The van der Waals surface area contributed by atoms with Crippen molar-refractivity contribution in [3.8, 4) is 0 Å². The zero-order valence-electron chi connectivity index (χ0n) is 11.3. The van der Waals surface area contributed by atoms with Crippen molar-refractivity contribution in [1.82, 2.24) is 4.90 Å². The van der Waals surface area contributed by atoms with Crippen molar-refractivity contribution in [3.05, 3.63) is 35.1 Å². The van der Waals surface area contributed by atoms with E-state index < -0.39 is 5.82 Å². The normalized spacial score (nSPS) is 18.8. The first-order valence-electron chi connectivity index (χ1n) is 6.44. The number of piperidine rings is 1. The Kier molecular flexibility index (Phi) is 3.42. The number of amides is 1. The number of likely N-dealkylation sites (tertiary alicyclic amines) is 1. The van der Waals surface area contributed by atoms with Gasteiger partial charge in [-0.05, 0) is 42.9 Å². The van der Waals surface area contributed by atoms with Crippen molar-refractivity contribution >= 4 is 5.91 Å². The van der Waals surface area contributed by atoms with Gasteiger partial charge in [0, 0.05) is 13.1 Å². The van der Waals surface area contributed by atoms with Crippen LogP contribution in [0.15, 0.2) is 18.2 Å². The number of halogens is 1. The summed E-state index contributed by atoms with van der Waals surface area (Å²) in [5.74, 6) is -0.590. The van der Waals surface area contributed by atoms with Crippen molar-refractivity contribution in [1.29, 1.82) is 0 Å². The van der Waals surface area contributed by atoms with Crippen LogP contribution in [0.4, 0.5) is 4.39 Å².